The predicted octanol–water partition coefficient (Wildman–Crippen LogP) is 1.58. The van der Waals surface area contributed by atoms with Crippen molar-refractivity contribution in [3.63, 3.8) is 0 Å². The Morgan fingerprint density at radius 2 is 1.94 bits per heavy atom. The number of ether oxygens (including phenoxy) is 1. The minimum absolute atomic E-state index is 0.00116. The Morgan fingerprint density at radius 3 is 2.29 bits per heavy atom. The summed E-state index contributed by atoms with van der Waals surface area (Å²) in [5, 5.41) is 3.33. The van der Waals surface area contributed by atoms with E-state index in [1.165, 1.54) is 0 Å². The number of amides is 1. The molecule has 0 spiro atoms. The number of carbonyl (C=O) groups is 1. The Hall–Kier alpha value is -0.610. The van der Waals surface area contributed by atoms with Gasteiger partial charge in [-0.2, -0.15) is 0 Å². The lowest BCUT2D eigenvalue weighted by molar-refractivity contribution is -0.127. The van der Waals surface area contributed by atoms with Crippen molar-refractivity contribution in [2.75, 3.05) is 0 Å². The van der Waals surface area contributed by atoms with E-state index in [9.17, 15) is 4.79 Å². The molecule has 0 radical (unpaired) electrons. The Balaban J connectivity index is 2.56. The summed E-state index contributed by atoms with van der Waals surface area (Å²) in [6.45, 7) is 9.90. The Morgan fingerprint density at radius 1 is 1.41 bits per heavy atom. The van der Waals surface area contributed by atoms with Gasteiger partial charge in [0.2, 0.25) is 5.91 Å². The fourth-order valence-electron chi connectivity index (χ4n) is 2.13. The molecule has 0 heterocycles. The van der Waals surface area contributed by atoms with E-state index in [4.69, 9.17) is 10.5 Å². The minimum atomic E-state index is -0.661. The zero-order valence-electron chi connectivity index (χ0n) is 11.7. The lowest BCUT2D eigenvalue weighted by atomic mass is 9.93. The van der Waals surface area contributed by atoms with Crippen molar-refractivity contribution in [2.24, 2.45) is 5.73 Å². The van der Waals surface area contributed by atoms with Crippen molar-refractivity contribution in [1.82, 2.24) is 5.32 Å². The number of primary amides is 1. The summed E-state index contributed by atoms with van der Waals surface area (Å²) in [5.74, 6) is -0.297. The average molecular weight is 242 g/mol. The van der Waals surface area contributed by atoms with Crippen LogP contribution in [0.3, 0.4) is 0 Å². The van der Waals surface area contributed by atoms with Crippen LogP contribution in [0.2, 0.25) is 0 Å². The van der Waals surface area contributed by atoms with Gasteiger partial charge in [0.25, 0.3) is 0 Å². The van der Waals surface area contributed by atoms with E-state index in [0.29, 0.717) is 12.5 Å². The first-order valence-corrected chi connectivity index (χ1v) is 6.38. The van der Waals surface area contributed by atoms with Gasteiger partial charge in [-0.15, -0.1) is 0 Å². The maximum Gasteiger partial charge on any atom is 0.237 e. The summed E-state index contributed by atoms with van der Waals surface area (Å²) >= 11 is 0. The molecule has 0 aromatic rings. The molecule has 0 aromatic heterocycles. The Labute approximate surface area is 104 Å². The zero-order valence-corrected chi connectivity index (χ0v) is 11.7. The first kappa shape index (κ1) is 14.5. The fraction of sp³-hybridized carbons (Fsp3) is 0.923. The van der Waals surface area contributed by atoms with Gasteiger partial charge in [0.05, 0.1) is 17.2 Å². The fourth-order valence-corrected chi connectivity index (χ4v) is 2.13. The van der Waals surface area contributed by atoms with E-state index in [1.54, 1.807) is 0 Å². The molecule has 2 unspecified atom stereocenters. The molecule has 0 saturated heterocycles. The third kappa shape index (κ3) is 5.04. The third-order valence-corrected chi connectivity index (χ3v) is 2.89. The van der Waals surface area contributed by atoms with Crippen LogP contribution in [0.1, 0.15) is 53.9 Å². The number of hydrogen-bond donors (Lipinski definition) is 2. The summed E-state index contributed by atoms with van der Waals surface area (Å²) in [6.07, 6.45) is 2.88. The summed E-state index contributed by atoms with van der Waals surface area (Å²) < 4.78 is 5.84. The molecule has 1 aliphatic rings. The standard InChI is InChI=1S/C13H26N2O2/c1-9(17-12(2,3)4)8-13(5,11(14)16)15-10-6-7-10/h9-10,15H,6-8H2,1-5H3,(H2,14,16). The van der Waals surface area contributed by atoms with Crippen LogP contribution >= 0.6 is 0 Å². The van der Waals surface area contributed by atoms with E-state index < -0.39 is 5.54 Å². The van der Waals surface area contributed by atoms with Crippen LogP contribution in [0.5, 0.6) is 0 Å². The van der Waals surface area contributed by atoms with Gasteiger partial charge in [0, 0.05) is 12.5 Å². The van der Waals surface area contributed by atoms with Crippen LogP contribution < -0.4 is 11.1 Å². The van der Waals surface area contributed by atoms with Gasteiger partial charge in [-0.1, -0.05) is 0 Å². The SMILES string of the molecule is CC(CC(C)(NC1CC1)C(N)=O)OC(C)(C)C. The molecule has 3 N–H and O–H groups in total. The molecule has 1 fully saturated rings. The summed E-state index contributed by atoms with van der Waals surface area (Å²) in [7, 11) is 0. The van der Waals surface area contributed by atoms with Gasteiger partial charge in [-0.05, 0) is 47.5 Å². The van der Waals surface area contributed by atoms with Crippen LogP contribution in [-0.4, -0.2) is 29.2 Å². The van der Waals surface area contributed by atoms with Crippen LogP contribution in [0.15, 0.2) is 0 Å². The first-order valence-electron chi connectivity index (χ1n) is 6.38. The van der Waals surface area contributed by atoms with Crippen molar-refractivity contribution < 1.29 is 9.53 Å². The highest BCUT2D eigenvalue weighted by molar-refractivity contribution is 5.84. The molecule has 0 bridgehead atoms. The molecule has 1 aliphatic carbocycles. The Kier molecular flexibility index (Phi) is 4.20. The van der Waals surface area contributed by atoms with Crippen molar-refractivity contribution >= 4 is 5.91 Å². The predicted molar refractivity (Wildman–Crippen MR) is 68.7 cm³/mol. The minimum Gasteiger partial charge on any atom is -0.373 e. The molecule has 1 amide bonds. The van der Waals surface area contributed by atoms with Crippen LogP contribution in [0.4, 0.5) is 0 Å². The molecule has 0 aliphatic heterocycles. The summed E-state index contributed by atoms with van der Waals surface area (Å²) in [4.78, 5) is 11.6. The van der Waals surface area contributed by atoms with Crippen LogP contribution in [0, 0.1) is 0 Å². The lowest BCUT2D eigenvalue weighted by Gasteiger charge is -2.33. The second-order valence-corrected chi connectivity index (χ2v) is 6.36. The molecule has 4 heteroatoms. The van der Waals surface area contributed by atoms with Crippen LogP contribution in [0.25, 0.3) is 0 Å². The van der Waals surface area contributed by atoms with Crippen molar-refractivity contribution in [3.05, 3.63) is 0 Å². The molecular weight excluding hydrogens is 216 g/mol. The van der Waals surface area contributed by atoms with Gasteiger partial charge < -0.3 is 15.8 Å². The monoisotopic (exact) mass is 242 g/mol. The molecule has 4 nitrogen and oxygen atoms in total. The smallest absolute Gasteiger partial charge is 0.237 e. The summed E-state index contributed by atoms with van der Waals surface area (Å²) in [5.41, 5.74) is 4.64. The first-order chi connectivity index (χ1) is 7.62. The topological polar surface area (TPSA) is 64.3 Å². The number of hydrogen-bond acceptors (Lipinski definition) is 3. The van der Waals surface area contributed by atoms with Gasteiger partial charge in [0.1, 0.15) is 0 Å². The number of nitrogens with two attached hydrogens (primary N) is 1. The van der Waals surface area contributed by atoms with Crippen LogP contribution in [-0.2, 0) is 9.53 Å². The van der Waals surface area contributed by atoms with E-state index in [1.807, 2.05) is 34.6 Å². The number of nitrogens with one attached hydrogen (secondary N) is 1. The van der Waals surface area contributed by atoms with E-state index in [-0.39, 0.29) is 17.6 Å². The van der Waals surface area contributed by atoms with E-state index >= 15 is 0 Å². The highest BCUT2D eigenvalue weighted by Crippen LogP contribution is 2.26. The summed E-state index contributed by atoms with van der Waals surface area (Å²) in [6, 6.07) is 0.453. The lowest BCUT2D eigenvalue weighted by Crippen LogP contribution is -2.56. The molecule has 2 atom stereocenters. The molecule has 100 valence electrons. The normalized spacial score (nSPS) is 21.9. The molecular formula is C13H26N2O2. The Bertz CT molecular complexity index is 282. The van der Waals surface area contributed by atoms with Gasteiger partial charge in [-0.25, -0.2) is 0 Å². The molecule has 1 rings (SSSR count). The van der Waals surface area contributed by atoms with Crippen molar-refractivity contribution in [2.45, 2.75) is 77.2 Å². The highest BCUT2D eigenvalue weighted by Gasteiger charge is 2.38. The maximum atomic E-state index is 11.6. The van der Waals surface area contributed by atoms with E-state index in [2.05, 4.69) is 5.32 Å². The number of rotatable bonds is 6. The van der Waals surface area contributed by atoms with E-state index in [0.717, 1.165) is 12.8 Å². The average Bonchev–Trinajstić information content (AvgIpc) is 2.83. The quantitative estimate of drug-likeness (QED) is 0.743. The largest absolute Gasteiger partial charge is 0.373 e. The second-order valence-electron chi connectivity index (χ2n) is 6.36. The molecule has 0 aromatic carbocycles. The molecule has 1 saturated carbocycles. The third-order valence-electron chi connectivity index (χ3n) is 2.89. The van der Waals surface area contributed by atoms with Gasteiger partial charge in [0.15, 0.2) is 0 Å². The second kappa shape index (κ2) is 4.94. The molecule has 17 heavy (non-hydrogen) atoms. The van der Waals surface area contributed by atoms with Gasteiger partial charge in [-0.3, -0.25) is 4.79 Å². The van der Waals surface area contributed by atoms with Crippen molar-refractivity contribution in [3.8, 4) is 0 Å². The zero-order chi connectivity index (χ0) is 13.3. The number of carbonyl (C=O) groups excluding carboxylic acids is 1. The van der Waals surface area contributed by atoms with Crippen molar-refractivity contribution in [1.29, 1.82) is 0 Å². The maximum absolute atomic E-state index is 11.6. The van der Waals surface area contributed by atoms with Gasteiger partial charge >= 0.3 is 0 Å². The highest BCUT2D eigenvalue weighted by atomic mass is 16.5.